The van der Waals surface area contributed by atoms with Crippen molar-refractivity contribution in [3.8, 4) is 0 Å². The predicted molar refractivity (Wildman–Crippen MR) is 110 cm³/mol. The number of halogens is 1. The predicted octanol–water partition coefficient (Wildman–Crippen LogP) is 3.35. The Labute approximate surface area is 165 Å². The first kappa shape index (κ1) is 20.0. The van der Waals surface area contributed by atoms with E-state index in [2.05, 4.69) is 17.1 Å². The van der Waals surface area contributed by atoms with E-state index in [9.17, 15) is 14.0 Å². The molecule has 0 bridgehead atoms. The van der Waals surface area contributed by atoms with Gasteiger partial charge in [-0.25, -0.2) is 4.39 Å². The number of hydrogen-bond acceptors (Lipinski definition) is 4. The maximum atomic E-state index is 14.3. The highest BCUT2D eigenvalue weighted by atomic mass is 19.1. The van der Waals surface area contributed by atoms with Crippen molar-refractivity contribution >= 4 is 23.1 Å². The Morgan fingerprint density at radius 2 is 1.79 bits per heavy atom. The van der Waals surface area contributed by atoms with Crippen LogP contribution in [0.2, 0.25) is 0 Å². The number of nitrogens with zero attached hydrogens (tertiary/aromatic N) is 2. The van der Waals surface area contributed by atoms with Gasteiger partial charge in [-0.2, -0.15) is 0 Å². The fraction of sp³-hybridized carbons (Fsp3) is 0.364. The fourth-order valence-corrected chi connectivity index (χ4v) is 3.47. The number of aryl methyl sites for hydroxylation is 1. The molecule has 0 spiro atoms. The normalized spacial score (nSPS) is 14.8. The van der Waals surface area contributed by atoms with Crippen molar-refractivity contribution in [2.24, 2.45) is 0 Å². The Morgan fingerprint density at radius 1 is 1.07 bits per heavy atom. The van der Waals surface area contributed by atoms with Gasteiger partial charge in [0, 0.05) is 37.4 Å². The van der Waals surface area contributed by atoms with Crippen LogP contribution in [0, 0.1) is 5.82 Å². The van der Waals surface area contributed by atoms with Gasteiger partial charge in [0.05, 0.1) is 12.2 Å². The van der Waals surface area contributed by atoms with Crippen molar-refractivity contribution in [1.82, 2.24) is 4.90 Å². The van der Waals surface area contributed by atoms with Crippen LogP contribution in [0.15, 0.2) is 42.5 Å². The summed E-state index contributed by atoms with van der Waals surface area (Å²) in [5.41, 5.74) is 2.86. The summed E-state index contributed by atoms with van der Waals surface area (Å²) in [5, 5.41) is 2.99. The highest BCUT2D eigenvalue weighted by Crippen LogP contribution is 2.22. The van der Waals surface area contributed by atoms with E-state index in [-0.39, 0.29) is 17.5 Å². The van der Waals surface area contributed by atoms with Crippen molar-refractivity contribution in [2.45, 2.75) is 20.3 Å². The summed E-state index contributed by atoms with van der Waals surface area (Å²) in [6.45, 7) is 6.43. The Kier molecular flexibility index (Phi) is 6.41. The number of amides is 1. The van der Waals surface area contributed by atoms with Crippen LogP contribution in [0.25, 0.3) is 0 Å². The van der Waals surface area contributed by atoms with Gasteiger partial charge in [0.25, 0.3) is 0 Å². The number of anilines is 2. The summed E-state index contributed by atoms with van der Waals surface area (Å²) in [6, 6.07) is 12.4. The first-order valence-electron chi connectivity index (χ1n) is 9.63. The second-order valence-electron chi connectivity index (χ2n) is 7.04. The van der Waals surface area contributed by atoms with Crippen LogP contribution in [0.5, 0.6) is 0 Å². The van der Waals surface area contributed by atoms with E-state index in [1.54, 1.807) is 12.1 Å². The summed E-state index contributed by atoms with van der Waals surface area (Å²) in [4.78, 5) is 27.8. The lowest BCUT2D eigenvalue weighted by atomic mass is 10.1. The lowest BCUT2D eigenvalue weighted by Gasteiger charge is -2.35. The summed E-state index contributed by atoms with van der Waals surface area (Å²) in [6.07, 6.45) is 0.864. The van der Waals surface area contributed by atoms with Crippen LogP contribution in [-0.2, 0) is 11.2 Å². The number of rotatable bonds is 6. The number of Topliss-reactive ketones (excluding diaryl/α,β-unsaturated/α-hetero) is 1. The molecule has 1 heterocycles. The summed E-state index contributed by atoms with van der Waals surface area (Å²) in [7, 11) is 0. The van der Waals surface area contributed by atoms with Crippen molar-refractivity contribution in [3.05, 3.63) is 59.4 Å². The maximum Gasteiger partial charge on any atom is 0.238 e. The molecular weight excluding hydrogens is 357 g/mol. The van der Waals surface area contributed by atoms with E-state index >= 15 is 0 Å². The molecule has 148 valence electrons. The number of benzene rings is 2. The molecule has 6 heteroatoms. The van der Waals surface area contributed by atoms with Crippen LogP contribution in [0.1, 0.15) is 29.8 Å². The number of para-hydroxylation sites is 1. The van der Waals surface area contributed by atoms with E-state index in [1.807, 2.05) is 29.2 Å². The largest absolute Gasteiger partial charge is 0.367 e. The molecule has 0 unspecified atom stereocenters. The number of piperazine rings is 1. The van der Waals surface area contributed by atoms with Gasteiger partial charge < -0.3 is 10.2 Å². The zero-order valence-electron chi connectivity index (χ0n) is 16.4. The highest BCUT2D eigenvalue weighted by molar-refractivity contribution is 5.94. The molecule has 1 aliphatic heterocycles. The smallest absolute Gasteiger partial charge is 0.238 e. The lowest BCUT2D eigenvalue weighted by Crippen LogP contribution is -2.49. The van der Waals surface area contributed by atoms with Gasteiger partial charge in [-0.3, -0.25) is 14.5 Å². The van der Waals surface area contributed by atoms with Gasteiger partial charge in [-0.1, -0.05) is 25.1 Å². The van der Waals surface area contributed by atoms with Gasteiger partial charge >= 0.3 is 0 Å². The Morgan fingerprint density at radius 3 is 2.43 bits per heavy atom. The molecule has 2 aromatic rings. The minimum atomic E-state index is -0.380. The van der Waals surface area contributed by atoms with E-state index in [1.165, 1.54) is 13.0 Å². The molecule has 0 radical (unpaired) electrons. The Hall–Kier alpha value is -2.73. The quantitative estimate of drug-likeness (QED) is 0.778. The van der Waals surface area contributed by atoms with Crippen LogP contribution in [0.3, 0.4) is 0 Å². The molecular formula is C22H26FN3O2. The average Bonchev–Trinajstić information content (AvgIpc) is 2.69. The monoisotopic (exact) mass is 383 g/mol. The number of carbonyl (C=O) groups is 2. The molecule has 5 nitrogen and oxygen atoms in total. The Bertz CT molecular complexity index is 861. The van der Waals surface area contributed by atoms with Gasteiger partial charge in [0.1, 0.15) is 5.82 Å². The molecule has 28 heavy (non-hydrogen) atoms. The van der Waals surface area contributed by atoms with Gasteiger partial charge in [-0.15, -0.1) is 0 Å². The minimum Gasteiger partial charge on any atom is -0.367 e. The van der Waals surface area contributed by atoms with Crippen molar-refractivity contribution < 1.29 is 14.0 Å². The van der Waals surface area contributed by atoms with Gasteiger partial charge in [-0.05, 0) is 43.2 Å². The fourth-order valence-electron chi connectivity index (χ4n) is 3.47. The molecule has 0 aliphatic carbocycles. The van der Waals surface area contributed by atoms with Crippen LogP contribution in [0.4, 0.5) is 15.8 Å². The molecule has 0 saturated carbocycles. The number of nitrogens with one attached hydrogen (secondary N) is 1. The van der Waals surface area contributed by atoms with E-state index in [0.29, 0.717) is 44.0 Å². The molecule has 0 atom stereocenters. The molecule has 1 amide bonds. The number of hydrogen-bond donors (Lipinski definition) is 1. The first-order valence-corrected chi connectivity index (χ1v) is 9.63. The molecule has 1 saturated heterocycles. The van der Waals surface area contributed by atoms with E-state index in [4.69, 9.17) is 0 Å². The second-order valence-corrected chi connectivity index (χ2v) is 7.04. The summed E-state index contributed by atoms with van der Waals surface area (Å²) in [5.74, 6) is -0.563. The van der Waals surface area contributed by atoms with Crippen molar-refractivity contribution in [1.29, 1.82) is 0 Å². The first-order chi connectivity index (χ1) is 13.5. The molecule has 0 aromatic heterocycles. The maximum absolute atomic E-state index is 14.3. The third kappa shape index (κ3) is 4.75. The lowest BCUT2D eigenvalue weighted by molar-refractivity contribution is -0.117. The van der Waals surface area contributed by atoms with Crippen LogP contribution < -0.4 is 10.2 Å². The second kappa shape index (κ2) is 8.97. The number of carbonyl (C=O) groups excluding carboxylic acids is 2. The number of ketones is 1. The Balaban J connectivity index is 1.54. The standard InChI is InChI=1S/C22H26FN3O2/c1-3-17-6-4-5-7-20(17)24-22(28)15-25-10-12-26(13-11-25)21-9-8-18(16(2)27)14-19(21)23/h4-9,14H,3,10-13,15H2,1-2H3,(H,24,28). The highest BCUT2D eigenvalue weighted by Gasteiger charge is 2.21. The van der Waals surface area contributed by atoms with Crippen LogP contribution in [-0.4, -0.2) is 49.3 Å². The molecule has 1 N–H and O–H groups in total. The van der Waals surface area contributed by atoms with Crippen LogP contribution >= 0.6 is 0 Å². The molecule has 2 aromatic carbocycles. The van der Waals surface area contributed by atoms with Gasteiger partial charge in [0.2, 0.25) is 5.91 Å². The third-order valence-corrected chi connectivity index (χ3v) is 5.11. The average molecular weight is 383 g/mol. The van der Waals surface area contributed by atoms with E-state index in [0.717, 1.165) is 17.7 Å². The zero-order chi connectivity index (χ0) is 20.1. The molecule has 3 rings (SSSR count). The third-order valence-electron chi connectivity index (χ3n) is 5.11. The SMILES string of the molecule is CCc1ccccc1NC(=O)CN1CCN(c2ccc(C(C)=O)cc2F)CC1. The topological polar surface area (TPSA) is 52.7 Å². The summed E-state index contributed by atoms with van der Waals surface area (Å²) >= 11 is 0. The van der Waals surface area contributed by atoms with Crippen molar-refractivity contribution in [3.63, 3.8) is 0 Å². The minimum absolute atomic E-state index is 0.0358. The van der Waals surface area contributed by atoms with E-state index < -0.39 is 0 Å². The zero-order valence-corrected chi connectivity index (χ0v) is 16.4. The van der Waals surface area contributed by atoms with Gasteiger partial charge in [0.15, 0.2) is 5.78 Å². The molecule has 1 aliphatic rings. The van der Waals surface area contributed by atoms with Crippen molar-refractivity contribution in [2.75, 3.05) is 42.9 Å². The summed E-state index contributed by atoms with van der Waals surface area (Å²) < 4.78 is 14.3. The molecule has 1 fully saturated rings.